The number of hydrogen-bond acceptors (Lipinski definition) is 5. The Morgan fingerprint density at radius 3 is 2.85 bits per heavy atom. The zero-order valence-corrected chi connectivity index (χ0v) is 14.6. The summed E-state index contributed by atoms with van der Waals surface area (Å²) < 4.78 is 66.9. The Labute approximate surface area is 149 Å². The molecule has 140 valence electrons. The zero-order valence-electron chi connectivity index (χ0n) is 13.8. The van der Waals surface area contributed by atoms with Crippen molar-refractivity contribution in [3.8, 4) is 5.88 Å². The number of aromatic nitrogens is 2. The van der Waals surface area contributed by atoms with E-state index < -0.39 is 27.8 Å². The molecular formula is C16H17F2N3O4S. The Morgan fingerprint density at radius 1 is 1.19 bits per heavy atom. The molecule has 26 heavy (non-hydrogen) atoms. The van der Waals surface area contributed by atoms with Crippen LogP contribution in [0.1, 0.15) is 18.1 Å². The third-order valence-electron chi connectivity index (χ3n) is 4.47. The summed E-state index contributed by atoms with van der Waals surface area (Å²) in [7, 11) is -3.87. The number of nitrogens with zero attached hydrogens (tertiary/aromatic N) is 3. The quantitative estimate of drug-likeness (QED) is 0.804. The first kappa shape index (κ1) is 17.4. The Bertz CT molecular complexity index is 932. The van der Waals surface area contributed by atoms with Gasteiger partial charge in [0.05, 0.1) is 25.5 Å². The van der Waals surface area contributed by atoms with Gasteiger partial charge in [-0.25, -0.2) is 21.9 Å². The summed E-state index contributed by atoms with van der Waals surface area (Å²) in [5, 5.41) is 4.07. The van der Waals surface area contributed by atoms with Crippen LogP contribution in [-0.4, -0.2) is 48.8 Å². The maximum Gasteiger partial charge on any atom is 0.250 e. The van der Waals surface area contributed by atoms with Crippen molar-refractivity contribution in [3.63, 3.8) is 0 Å². The third-order valence-corrected chi connectivity index (χ3v) is 6.32. The molecule has 1 fully saturated rings. The van der Waals surface area contributed by atoms with E-state index in [1.807, 2.05) is 0 Å². The van der Waals surface area contributed by atoms with E-state index in [4.69, 9.17) is 9.47 Å². The second-order valence-corrected chi connectivity index (χ2v) is 8.03. The Balaban J connectivity index is 1.62. The summed E-state index contributed by atoms with van der Waals surface area (Å²) in [6.07, 6.45) is 1.22. The Kier molecular flexibility index (Phi) is 4.41. The molecule has 3 heterocycles. The van der Waals surface area contributed by atoms with Crippen molar-refractivity contribution >= 4 is 10.0 Å². The van der Waals surface area contributed by atoms with Crippen molar-refractivity contribution in [3.05, 3.63) is 41.6 Å². The van der Waals surface area contributed by atoms with E-state index >= 15 is 0 Å². The predicted molar refractivity (Wildman–Crippen MR) is 86.1 cm³/mol. The van der Waals surface area contributed by atoms with Gasteiger partial charge in [-0.3, -0.25) is 0 Å². The molecule has 0 bridgehead atoms. The fraction of sp³-hybridized carbons (Fsp3) is 0.438. The van der Waals surface area contributed by atoms with Gasteiger partial charge in [0, 0.05) is 37.7 Å². The highest BCUT2D eigenvalue weighted by Crippen LogP contribution is 2.32. The summed E-state index contributed by atoms with van der Waals surface area (Å²) in [4.78, 5) is -0.00238. The second-order valence-electron chi connectivity index (χ2n) is 6.13. The average Bonchev–Trinajstić information content (AvgIpc) is 3.07. The maximum absolute atomic E-state index is 14.0. The lowest BCUT2D eigenvalue weighted by molar-refractivity contribution is -0.00454. The lowest BCUT2D eigenvalue weighted by Gasteiger charge is -2.32. The van der Waals surface area contributed by atoms with Gasteiger partial charge in [0.15, 0.2) is 4.90 Å². The smallest absolute Gasteiger partial charge is 0.250 e. The van der Waals surface area contributed by atoms with Crippen LogP contribution < -0.4 is 4.74 Å². The molecular weight excluding hydrogens is 368 g/mol. The summed E-state index contributed by atoms with van der Waals surface area (Å²) in [5.74, 6) is -1.23. The molecule has 0 saturated carbocycles. The first-order valence-electron chi connectivity index (χ1n) is 8.22. The number of halogens is 2. The molecule has 2 aliphatic rings. The molecule has 0 radical (unpaired) electrons. The number of ether oxygens (including phenoxy) is 2. The highest BCUT2D eigenvalue weighted by Gasteiger charge is 2.36. The van der Waals surface area contributed by atoms with Gasteiger partial charge in [0.25, 0.3) is 0 Å². The molecule has 4 rings (SSSR count). The fourth-order valence-electron chi connectivity index (χ4n) is 3.16. The number of sulfonamides is 1. The van der Waals surface area contributed by atoms with Gasteiger partial charge in [-0.05, 0) is 6.07 Å². The van der Waals surface area contributed by atoms with Crippen molar-refractivity contribution in [2.45, 2.75) is 24.0 Å². The van der Waals surface area contributed by atoms with Gasteiger partial charge in [0.1, 0.15) is 11.6 Å². The van der Waals surface area contributed by atoms with Gasteiger partial charge in [-0.2, -0.15) is 9.40 Å². The maximum atomic E-state index is 14.0. The fourth-order valence-corrected chi connectivity index (χ4v) is 4.65. The van der Waals surface area contributed by atoms with E-state index in [2.05, 4.69) is 5.10 Å². The van der Waals surface area contributed by atoms with Crippen LogP contribution in [-0.2, 0) is 21.3 Å². The minimum Gasteiger partial charge on any atom is -0.477 e. The van der Waals surface area contributed by atoms with Crippen LogP contribution in [0.5, 0.6) is 5.88 Å². The molecule has 0 N–H and O–H groups in total. The molecule has 0 spiro atoms. The second kappa shape index (κ2) is 6.60. The Hall–Kier alpha value is -2.04. The SMILES string of the molecule is O=S(=O)(c1cnn2c1OCCC2)N1CCOC(c2ccc(F)cc2F)C1. The van der Waals surface area contributed by atoms with Crippen molar-refractivity contribution < 1.29 is 26.7 Å². The van der Waals surface area contributed by atoms with Gasteiger partial charge in [0.2, 0.25) is 15.9 Å². The minimum atomic E-state index is -3.87. The minimum absolute atomic E-state index is 0.00238. The summed E-state index contributed by atoms with van der Waals surface area (Å²) in [5.41, 5.74) is 0.125. The molecule has 0 aliphatic carbocycles. The van der Waals surface area contributed by atoms with E-state index in [0.717, 1.165) is 18.6 Å². The van der Waals surface area contributed by atoms with Gasteiger partial charge in [-0.15, -0.1) is 0 Å². The normalized spacial score (nSPS) is 21.2. The number of benzene rings is 1. The monoisotopic (exact) mass is 385 g/mol. The van der Waals surface area contributed by atoms with E-state index in [0.29, 0.717) is 13.2 Å². The topological polar surface area (TPSA) is 73.7 Å². The number of hydrogen-bond donors (Lipinski definition) is 0. The predicted octanol–water partition coefficient (Wildman–Crippen LogP) is 1.71. The first-order chi connectivity index (χ1) is 12.5. The van der Waals surface area contributed by atoms with E-state index in [9.17, 15) is 17.2 Å². The van der Waals surface area contributed by atoms with Gasteiger partial charge < -0.3 is 9.47 Å². The van der Waals surface area contributed by atoms with Crippen LogP contribution in [0, 0.1) is 11.6 Å². The van der Waals surface area contributed by atoms with E-state index in [1.54, 1.807) is 0 Å². The molecule has 2 aromatic rings. The van der Waals surface area contributed by atoms with Crippen molar-refractivity contribution in [1.82, 2.24) is 14.1 Å². The van der Waals surface area contributed by atoms with Crippen LogP contribution in [0.15, 0.2) is 29.3 Å². The van der Waals surface area contributed by atoms with Crippen molar-refractivity contribution in [2.24, 2.45) is 0 Å². The number of fused-ring (bicyclic) bond motifs is 1. The van der Waals surface area contributed by atoms with Crippen molar-refractivity contribution in [2.75, 3.05) is 26.3 Å². The molecule has 0 amide bonds. The third kappa shape index (κ3) is 2.97. The van der Waals surface area contributed by atoms with E-state index in [-0.39, 0.29) is 36.0 Å². The zero-order chi connectivity index (χ0) is 18.3. The summed E-state index contributed by atoms with van der Waals surface area (Å²) in [6, 6.07) is 3.15. The van der Waals surface area contributed by atoms with Gasteiger partial charge in [-0.1, -0.05) is 6.07 Å². The van der Waals surface area contributed by atoms with Crippen LogP contribution in [0.4, 0.5) is 8.78 Å². The van der Waals surface area contributed by atoms with Gasteiger partial charge >= 0.3 is 0 Å². The molecule has 1 atom stereocenters. The average molecular weight is 385 g/mol. The highest BCUT2D eigenvalue weighted by atomic mass is 32.2. The van der Waals surface area contributed by atoms with Crippen LogP contribution >= 0.6 is 0 Å². The molecule has 10 heteroatoms. The highest BCUT2D eigenvalue weighted by molar-refractivity contribution is 7.89. The number of aryl methyl sites for hydroxylation is 1. The van der Waals surface area contributed by atoms with E-state index in [1.165, 1.54) is 21.3 Å². The van der Waals surface area contributed by atoms with Crippen molar-refractivity contribution in [1.29, 1.82) is 0 Å². The van der Waals surface area contributed by atoms with Crippen LogP contribution in [0.25, 0.3) is 0 Å². The molecule has 2 aliphatic heterocycles. The van der Waals surface area contributed by atoms with Crippen LogP contribution in [0.3, 0.4) is 0 Å². The summed E-state index contributed by atoms with van der Waals surface area (Å²) in [6.45, 7) is 1.19. The summed E-state index contributed by atoms with van der Waals surface area (Å²) >= 11 is 0. The Morgan fingerprint density at radius 2 is 2.04 bits per heavy atom. The lowest BCUT2D eigenvalue weighted by atomic mass is 10.1. The largest absolute Gasteiger partial charge is 0.477 e. The number of morpholine rings is 1. The standard InChI is InChI=1S/C16H17F2N3O4S/c17-11-2-3-12(13(18)8-11)14-10-20(5-7-24-14)26(22,23)15-9-19-21-4-1-6-25-16(15)21/h2-3,8-9,14H,1,4-7,10H2. The molecule has 1 aromatic carbocycles. The first-order valence-corrected chi connectivity index (χ1v) is 9.66. The number of rotatable bonds is 3. The molecule has 1 unspecified atom stereocenters. The molecule has 1 aromatic heterocycles. The van der Waals surface area contributed by atoms with Crippen LogP contribution in [0.2, 0.25) is 0 Å². The molecule has 1 saturated heterocycles. The lowest BCUT2D eigenvalue weighted by Crippen LogP contribution is -2.42. The molecule has 7 nitrogen and oxygen atoms in total.